The van der Waals surface area contributed by atoms with Gasteiger partial charge in [0.1, 0.15) is 0 Å². The molecule has 0 heterocycles. The molecular formula is C17H26IN. The third-order valence-electron chi connectivity index (χ3n) is 4.60. The second kappa shape index (κ2) is 7.63. The van der Waals surface area contributed by atoms with Crippen LogP contribution in [0.4, 0.5) is 0 Å². The van der Waals surface area contributed by atoms with E-state index in [2.05, 4.69) is 66.0 Å². The van der Waals surface area contributed by atoms with Gasteiger partial charge in [-0.15, -0.1) is 0 Å². The number of nitrogens with one attached hydrogen (secondary N) is 1. The van der Waals surface area contributed by atoms with Crippen molar-refractivity contribution in [2.24, 2.45) is 11.8 Å². The Bertz CT molecular complexity index is 383. The maximum absolute atomic E-state index is 3.74. The largest absolute Gasteiger partial charge is 0.310 e. The number of hydrogen-bond donors (Lipinski definition) is 1. The highest BCUT2D eigenvalue weighted by Crippen LogP contribution is 2.38. The SMILES string of the molecule is CCNC(c1ccccc1I)C1CCC(CC)CC1. The normalized spacial score (nSPS) is 25.2. The van der Waals surface area contributed by atoms with Gasteiger partial charge in [0, 0.05) is 9.61 Å². The first kappa shape index (κ1) is 15.3. The van der Waals surface area contributed by atoms with E-state index in [1.54, 1.807) is 0 Å². The predicted molar refractivity (Wildman–Crippen MR) is 91.3 cm³/mol. The Balaban J connectivity index is 2.10. The summed E-state index contributed by atoms with van der Waals surface area (Å²) in [5.74, 6) is 1.80. The van der Waals surface area contributed by atoms with Gasteiger partial charge in [0.2, 0.25) is 0 Å². The molecule has 0 spiro atoms. The fourth-order valence-corrected chi connectivity index (χ4v) is 4.13. The molecule has 0 bridgehead atoms. The van der Waals surface area contributed by atoms with Gasteiger partial charge in [-0.1, -0.05) is 51.3 Å². The first-order valence-electron chi connectivity index (χ1n) is 7.74. The van der Waals surface area contributed by atoms with Crippen molar-refractivity contribution in [1.29, 1.82) is 0 Å². The molecule has 1 aromatic carbocycles. The summed E-state index contributed by atoms with van der Waals surface area (Å²) in [5.41, 5.74) is 1.50. The summed E-state index contributed by atoms with van der Waals surface area (Å²) < 4.78 is 1.41. The van der Waals surface area contributed by atoms with Crippen LogP contribution >= 0.6 is 22.6 Å². The lowest BCUT2D eigenvalue weighted by atomic mass is 9.76. The van der Waals surface area contributed by atoms with E-state index in [0.29, 0.717) is 6.04 Å². The van der Waals surface area contributed by atoms with E-state index < -0.39 is 0 Å². The second-order valence-electron chi connectivity index (χ2n) is 5.75. The van der Waals surface area contributed by atoms with E-state index in [9.17, 15) is 0 Å². The smallest absolute Gasteiger partial charge is 0.0359 e. The van der Waals surface area contributed by atoms with Crippen molar-refractivity contribution < 1.29 is 0 Å². The zero-order valence-corrected chi connectivity index (χ0v) is 14.3. The van der Waals surface area contributed by atoms with Gasteiger partial charge in [0.15, 0.2) is 0 Å². The van der Waals surface area contributed by atoms with Gasteiger partial charge in [-0.25, -0.2) is 0 Å². The Morgan fingerprint density at radius 1 is 1.16 bits per heavy atom. The molecule has 0 aliphatic heterocycles. The van der Waals surface area contributed by atoms with Crippen molar-refractivity contribution in [3.63, 3.8) is 0 Å². The molecule has 2 heteroatoms. The van der Waals surface area contributed by atoms with E-state index in [0.717, 1.165) is 18.4 Å². The minimum Gasteiger partial charge on any atom is -0.310 e. The molecule has 1 aliphatic rings. The standard InChI is InChI=1S/C17H26IN/c1-3-13-9-11-14(12-10-13)17(19-4-2)15-7-5-6-8-16(15)18/h5-8,13-14,17,19H,3-4,9-12H2,1-2H3. The number of benzene rings is 1. The Kier molecular flexibility index (Phi) is 6.14. The quantitative estimate of drug-likeness (QED) is 0.705. The zero-order valence-electron chi connectivity index (χ0n) is 12.2. The van der Waals surface area contributed by atoms with Gasteiger partial charge < -0.3 is 5.32 Å². The lowest BCUT2D eigenvalue weighted by molar-refractivity contribution is 0.219. The summed E-state index contributed by atoms with van der Waals surface area (Å²) in [6.45, 7) is 5.62. The highest BCUT2D eigenvalue weighted by molar-refractivity contribution is 14.1. The highest BCUT2D eigenvalue weighted by atomic mass is 127. The maximum Gasteiger partial charge on any atom is 0.0359 e. The molecule has 1 unspecified atom stereocenters. The van der Waals surface area contributed by atoms with Crippen molar-refractivity contribution in [3.8, 4) is 0 Å². The van der Waals surface area contributed by atoms with Crippen molar-refractivity contribution in [2.45, 2.75) is 52.0 Å². The van der Waals surface area contributed by atoms with Gasteiger partial charge in [-0.3, -0.25) is 0 Å². The van der Waals surface area contributed by atoms with Crippen LogP contribution in [0.1, 0.15) is 57.6 Å². The molecule has 0 radical (unpaired) electrons. The van der Waals surface area contributed by atoms with Gasteiger partial charge in [0.25, 0.3) is 0 Å². The average Bonchev–Trinajstić information content (AvgIpc) is 2.46. The minimum atomic E-state index is 0.552. The van der Waals surface area contributed by atoms with Crippen LogP contribution in [0, 0.1) is 15.4 Å². The van der Waals surface area contributed by atoms with E-state index >= 15 is 0 Å². The van der Waals surface area contributed by atoms with Crippen LogP contribution in [0.3, 0.4) is 0 Å². The molecule has 1 N–H and O–H groups in total. The van der Waals surface area contributed by atoms with Crippen LogP contribution in [0.5, 0.6) is 0 Å². The number of rotatable bonds is 5. The number of halogens is 1. The summed E-state index contributed by atoms with van der Waals surface area (Å²) in [5, 5.41) is 3.74. The first-order chi connectivity index (χ1) is 9.26. The lowest BCUT2D eigenvalue weighted by Gasteiger charge is -2.34. The first-order valence-corrected chi connectivity index (χ1v) is 8.81. The lowest BCUT2D eigenvalue weighted by Crippen LogP contribution is -2.31. The van der Waals surface area contributed by atoms with Crippen LogP contribution in [0.2, 0.25) is 0 Å². The van der Waals surface area contributed by atoms with Crippen LogP contribution < -0.4 is 5.32 Å². The van der Waals surface area contributed by atoms with Gasteiger partial charge in [-0.05, 0) is 65.4 Å². The van der Waals surface area contributed by atoms with Gasteiger partial charge in [-0.2, -0.15) is 0 Å². The summed E-state index contributed by atoms with van der Waals surface area (Å²) in [6, 6.07) is 9.41. The molecule has 0 saturated heterocycles. The molecule has 1 saturated carbocycles. The highest BCUT2D eigenvalue weighted by Gasteiger charge is 2.28. The summed E-state index contributed by atoms with van der Waals surface area (Å²) in [4.78, 5) is 0. The topological polar surface area (TPSA) is 12.0 Å². The number of hydrogen-bond acceptors (Lipinski definition) is 1. The third-order valence-corrected chi connectivity index (χ3v) is 5.59. The van der Waals surface area contributed by atoms with E-state index in [-0.39, 0.29) is 0 Å². The monoisotopic (exact) mass is 371 g/mol. The molecule has 19 heavy (non-hydrogen) atoms. The molecule has 2 rings (SSSR count). The summed E-state index contributed by atoms with van der Waals surface area (Å²) >= 11 is 2.48. The molecule has 1 nitrogen and oxygen atoms in total. The van der Waals surface area contributed by atoms with Crippen LogP contribution in [0.15, 0.2) is 24.3 Å². The van der Waals surface area contributed by atoms with Crippen molar-refractivity contribution >= 4 is 22.6 Å². The Morgan fingerprint density at radius 3 is 2.42 bits per heavy atom. The van der Waals surface area contributed by atoms with Gasteiger partial charge >= 0.3 is 0 Å². The predicted octanol–water partition coefficient (Wildman–Crippen LogP) is 5.16. The molecule has 106 valence electrons. The van der Waals surface area contributed by atoms with Crippen LogP contribution in [0.25, 0.3) is 0 Å². The average molecular weight is 371 g/mol. The molecule has 0 amide bonds. The van der Waals surface area contributed by atoms with E-state index in [1.807, 2.05) is 0 Å². The fraction of sp³-hybridized carbons (Fsp3) is 0.647. The molecule has 1 fully saturated rings. The van der Waals surface area contributed by atoms with E-state index in [1.165, 1.54) is 41.2 Å². The maximum atomic E-state index is 3.74. The third kappa shape index (κ3) is 3.94. The Labute approximate surface area is 131 Å². The molecular weight excluding hydrogens is 345 g/mol. The molecule has 1 atom stereocenters. The van der Waals surface area contributed by atoms with Crippen molar-refractivity contribution in [3.05, 3.63) is 33.4 Å². The van der Waals surface area contributed by atoms with Gasteiger partial charge in [0.05, 0.1) is 0 Å². The van der Waals surface area contributed by atoms with Crippen LogP contribution in [-0.2, 0) is 0 Å². The minimum absolute atomic E-state index is 0.552. The Morgan fingerprint density at radius 2 is 1.84 bits per heavy atom. The molecule has 0 aromatic heterocycles. The second-order valence-corrected chi connectivity index (χ2v) is 6.91. The zero-order chi connectivity index (χ0) is 13.7. The van der Waals surface area contributed by atoms with E-state index in [4.69, 9.17) is 0 Å². The van der Waals surface area contributed by atoms with Crippen molar-refractivity contribution in [2.75, 3.05) is 6.54 Å². The van der Waals surface area contributed by atoms with Crippen LogP contribution in [-0.4, -0.2) is 6.54 Å². The fourth-order valence-electron chi connectivity index (χ4n) is 3.41. The summed E-state index contributed by atoms with van der Waals surface area (Å²) in [7, 11) is 0. The summed E-state index contributed by atoms with van der Waals surface area (Å²) in [6.07, 6.45) is 6.99. The molecule has 1 aromatic rings. The van der Waals surface area contributed by atoms with Crippen molar-refractivity contribution in [1.82, 2.24) is 5.32 Å². The molecule has 1 aliphatic carbocycles. The Hall–Kier alpha value is -0.0900.